The van der Waals surface area contributed by atoms with Crippen molar-refractivity contribution >= 4 is 5.82 Å². The second-order valence-corrected chi connectivity index (χ2v) is 4.53. The first-order chi connectivity index (χ1) is 8.29. The van der Waals surface area contributed by atoms with Crippen LogP contribution in [-0.2, 0) is 0 Å². The number of aryl methyl sites for hydroxylation is 1. The molecule has 0 saturated carbocycles. The zero-order chi connectivity index (χ0) is 12.1. The highest BCUT2D eigenvalue weighted by Gasteiger charge is 2.12. The molecule has 1 aliphatic heterocycles. The Hall–Kier alpha value is -1.60. The molecule has 0 spiro atoms. The van der Waals surface area contributed by atoms with Crippen LogP contribution in [0.2, 0.25) is 0 Å². The zero-order valence-electron chi connectivity index (χ0n) is 10.2. The van der Waals surface area contributed by atoms with Gasteiger partial charge in [0.1, 0.15) is 11.9 Å². The number of rotatable bonds is 3. The van der Waals surface area contributed by atoms with Crippen LogP contribution in [0.15, 0.2) is 12.1 Å². The van der Waals surface area contributed by atoms with Gasteiger partial charge in [0.25, 0.3) is 0 Å². The van der Waals surface area contributed by atoms with Gasteiger partial charge in [-0.15, -0.1) is 0 Å². The van der Waals surface area contributed by atoms with Gasteiger partial charge in [-0.1, -0.05) is 0 Å². The molecule has 2 rings (SSSR count). The summed E-state index contributed by atoms with van der Waals surface area (Å²) in [6, 6.07) is 5.83. The molecule has 1 atom stereocenters. The van der Waals surface area contributed by atoms with Crippen LogP contribution in [0.3, 0.4) is 0 Å². The highest BCUT2D eigenvalue weighted by atomic mass is 15.0. The lowest BCUT2D eigenvalue weighted by molar-refractivity contribution is 0.392. The molecule has 1 fully saturated rings. The molecular weight excluding hydrogens is 212 g/mol. The Bertz CT molecular complexity index is 416. The Morgan fingerprint density at radius 3 is 3.12 bits per heavy atom. The van der Waals surface area contributed by atoms with Crippen LogP contribution >= 0.6 is 0 Å². The minimum atomic E-state index is 0.648. The fourth-order valence-corrected chi connectivity index (χ4v) is 2.12. The summed E-state index contributed by atoms with van der Waals surface area (Å²) < 4.78 is 0. The summed E-state index contributed by atoms with van der Waals surface area (Å²) in [6.07, 6.45) is 2.53. The smallest absolute Gasteiger partial charge is 0.126 e. The second-order valence-electron chi connectivity index (χ2n) is 4.53. The molecule has 2 heterocycles. The van der Waals surface area contributed by atoms with Crippen molar-refractivity contribution in [2.24, 2.45) is 5.92 Å². The first-order valence-electron chi connectivity index (χ1n) is 6.12. The van der Waals surface area contributed by atoms with Gasteiger partial charge in [0.2, 0.25) is 0 Å². The molecule has 0 aromatic carbocycles. The molecule has 90 valence electrons. The lowest BCUT2D eigenvalue weighted by atomic mass is 10.00. The molecule has 4 nitrogen and oxygen atoms in total. The third-order valence-corrected chi connectivity index (χ3v) is 3.18. The topological polar surface area (TPSA) is 60.7 Å². The van der Waals surface area contributed by atoms with E-state index in [2.05, 4.69) is 21.7 Å². The lowest BCUT2D eigenvalue weighted by Gasteiger charge is -2.23. The highest BCUT2D eigenvalue weighted by molar-refractivity contribution is 5.42. The Morgan fingerprint density at radius 2 is 2.47 bits per heavy atom. The van der Waals surface area contributed by atoms with Crippen molar-refractivity contribution in [1.82, 2.24) is 10.3 Å². The second kappa shape index (κ2) is 5.65. The van der Waals surface area contributed by atoms with Gasteiger partial charge < -0.3 is 10.6 Å². The van der Waals surface area contributed by atoms with E-state index in [1.807, 2.05) is 19.1 Å². The average molecular weight is 230 g/mol. The van der Waals surface area contributed by atoms with Crippen LogP contribution in [0.1, 0.15) is 24.1 Å². The number of nitrogens with zero attached hydrogens (tertiary/aromatic N) is 2. The molecule has 1 aromatic rings. The van der Waals surface area contributed by atoms with Crippen molar-refractivity contribution in [1.29, 1.82) is 5.26 Å². The van der Waals surface area contributed by atoms with E-state index in [1.54, 1.807) is 0 Å². The van der Waals surface area contributed by atoms with Crippen molar-refractivity contribution in [2.45, 2.75) is 19.8 Å². The quantitative estimate of drug-likeness (QED) is 0.829. The largest absolute Gasteiger partial charge is 0.370 e. The third kappa shape index (κ3) is 3.18. The first kappa shape index (κ1) is 11.9. The molecule has 1 saturated heterocycles. The fraction of sp³-hybridized carbons (Fsp3) is 0.538. The normalized spacial score (nSPS) is 19.6. The van der Waals surface area contributed by atoms with Gasteiger partial charge in [0, 0.05) is 6.54 Å². The number of nitriles is 1. The summed E-state index contributed by atoms with van der Waals surface area (Å²) in [7, 11) is 0. The Morgan fingerprint density at radius 1 is 1.59 bits per heavy atom. The predicted molar refractivity (Wildman–Crippen MR) is 67.8 cm³/mol. The van der Waals surface area contributed by atoms with Gasteiger partial charge >= 0.3 is 0 Å². The highest BCUT2D eigenvalue weighted by Crippen LogP contribution is 2.13. The minimum Gasteiger partial charge on any atom is -0.370 e. The Balaban J connectivity index is 1.90. The monoisotopic (exact) mass is 230 g/mol. The number of hydrogen-bond acceptors (Lipinski definition) is 4. The van der Waals surface area contributed by atoms with Crippen LogP contribution in [0, 0.1) is 24.2 Å². The molecule has 0 aliphatic carbocycles. The third-order valence-electron chi connectivity index (χ3n) is 3.18. The van der Waals surface area contributed by atoms with E-state index in [0.29, 0.717) is 11.5 Å². The predicted octanol–water partition coefficient (Wildman–Crippen LogP) is 1.67. The first-order valence-corrected chi connectivity index (χ1v) is 6.12. The fourth-order valence-electron chi connectivity index (χ4n) is 2.12. The molecule has 1 aromatic heterocycles. The van der Waals surface area contributed by atoms with Crippen molar-refractivity contribution in [3.63, 3.8) is 0 Å². The summed E-state index contributed by atoms with van der Waals surface area (Å²) in [5.41, 5.74) is 1.44. The van der Waals surface area contributed by atoms with Crippen molar-refractivity contribution in [3.05, 3.63) is 23.4 Å². The maximum atomic E-state index is 8.82. The zero-order valence-corrected chi connectivity index (χ0v) is 10.2. The van der Waals surface area contributed by atoms with Crippen LogP contribution in [0.4, 0.5) is 5.82 Å². The van der Waals surface area contributed by atoms with Gasteiger partial charge in [-0.3, -0.25) is 0 Å². The Kier molecular flexibility index (Phi) is 3.94. The molecule has 2 N–H and O–H groups in total. The summed E-state index contributed by atoms with van der Waals surface area (Å²) in [5, 5.41) is 15.6. The number of hydrogen-bond donors (Lipinski definition) is 2. The van der Waals surface area contributed by atoms with Gasteiger partial charge in [0.15, 0.2) is 0 Å². The molecule has 17 heavy (non-hydrogen) atoms. The van der Waals surface area contributed by atoms with Gasteiger partial charge in [-0.05, 0) is 50.9 Å². The maximum absolute atomic E-state index is 8.82. The summed E-state index contributed by atoms with van der Waals surface area (Å²) >= 11 is 0. The number of nitrogens with one attached hydrogen (secondary N) is 2. The van der Waals surface area contributed by atoms with E-state index in [-0.39, 0.29) is 0 Å². The van der Waals surface area contributed by atoms with Crippen LogP contribution in [0.25, 0.3) is 0 Å². The van der Waals surface area contributed by atoms with Gasteiger partial charge in [-0.25, -0.2) is 4.98 Å². The number of piperidine rings is 1. The van der Waals surface area contributed by atoms with E-state index in [0.717, 1.165) is 31.1 Å². The molecule has 1 aliphatic rings. The SMILES string of the molecule is Cc1nc(NCC2CCCNC2)ccc1C#N. The number of aromatic nitrogens is 1. The molecule has 4 heteroatoms. The van der Waals surface area contributed by atoms with Crippen molar-refractivity contribution in [2.75, 3.05) is 25.0 Å². The summed E-state index contributed by atoms with van der Waals surface area (Å²) in [6.45, 7) is 5.05. The van der Waals surface area contributed by atoms with Gasteiger partial charge in [0.05, 0.1) is 11.3 Å². The van der Waals surface area contributed by atoms with E-state index in [1.165, 1.54) is 12.8 Å². The van der Waals surface area contributed by atoms with E-state index < -0.39 is 0 Å². The molecular formula is C13H18N4. The van der Waals surface area contributed by atoms with E-state index in [9.17, 15) is 0 Å². The van der Waals surface area contributed by atoms with Crippen molar-refractivity contribution < 1.29 is 0 Å². The van der Waals surface area contributed by atoms with E-state index in [4.69, 9.17) is 5.26 Å². The van der Waals surface area contributed by atoms with Crippen LogP contribution in [0.5, 0.6) is 0 Å². The number of anilines is 1. The average Bonchev–Trinajstić information content (AvgIpc) is 2.38. The van der Waals surface area contributed by atoms with Crippen molar-refractivity contribution in [3.8, 4) is 6.07 Å². The maximum Gasteiger partial charge on any atom is 0.126 e. The Labute approximate surface area is 102 Å². The molecule has 0 amide bonds. The minimum absolute atomic E-state index is 0.648. The molecule has 0 bridgehead atoms. The molecule has 0 radical (unpaired) electrons. The standard InChI is InChI=1S/C13H18N4/c1-10-12(7-14)4-5-13(17-10)16-9-11-3-2-6-15-8-11/h4-5,11,15H,2-3,6,8-9H2,1H3,(H,16,17). The van der Waals surface area contributed by atoms with Crippen LogP contribution < -0.4 is 10.6 Å². The molecule has 1 unspecified atom stereocenters. The van der Waals surface area contributed by atoms with E-state index >= 15 is 0 Å². The lowest BCUT2D eigenvalue weighted by Crippen LogP contribution is -2.33. The summed E-state index contributed by atoms with van der Waals surface area (Å²) in [4.78, 5) is 4.37. The van der Waals surface area contributed by atoms with Crippen LogP contribution in [-0.4, -0.2) is 24.6 Å². The number of pyridine rings is 1. The summed E-state index contributed by atoms with van der Waals surface area (Å²) in [5.74, 6) is 1.55. The van der Waals surface area contributed by atoms with Gasteiger partial charge in [-0.2, -0.15) is 5.26 Å².